The third-order valence-electron chi connectivity index (χ3n) is 3.97. The van der Waals surface area contributed by atoms with E-state index in [1.807, 2.05) is 18.7 Å². The molecule has 0 aliphatic rings. The lowest BCUT2D eigenvalue weighted by Crippen LogP contribution is -2.38. The number of nitrogens with zero attached hydrogens (tertiary/aromatic N) is 1. The molecule has 0 aliphatic heterocycles. The van der Waals surface area contributed by atoms with Crippen molar-refractivity contribution in [2.24, 2.45) is 0 Å². The van der Waals surface area contributed by atoms with E-state index in [0.29, 0.717) is 6.54 Å². The van der Waals surface area contributed by atoms with Gasteiger partial charge >= 0.3 is 0 Å². The Morgan fingerprint density at radius 3 is 2.29 bits per heavy atom. The molecule has 1 unspecified atom stereocenters. The van der Waals surface area contributed by atoms with Crippen LogP contribution < -0.4 is 5.32 Å². The summed E-state index contributed by atoms with van der Waals surface area (Å²) in [4.78, 5) is 13.8. The number of nitrogens with one attached hydrogen (secondary N) is 1. The average molecular weight is 290 g/mol. The highest BCUT2D eigenvalue weighted by Crippen LogP contribution is 2.14. The maximum atomic E-state index is 12.0. The molecule has 0 radical (unpaired) electrons. The Kier molecular flexibility index (Phi) is 8.06. The molecule has 0 heterocycles. The van der Waals surface area contributed by atoms with Gasteiger partial charge in [-0.05, 0) is 44.7 Å². The van der Waals surface area contributed by atoms with Crippen LogP contribution in [0.2, 0.25) is 0 Å². The number of unbranched alkanes of at least 4 members (excludes halogenated alkanes) is 1. The summed E-state index contributed by atoms with van der Waals surface area (Å²) >= 11 is 0. The molecule has 0 saturated heterocycles. The third kappa shape index (κ3) is 5.88. The first-order valence-electron chi connectivity index (χ1n) is 8.22. The van der Waals surface area contributed by atoms with Gasteiger partial charge in [0.2, 0.25) is 5.91 Å². The van der Waals surface area contributed by atoms with Crippen LogP contribution in [0.4, 0.5) is 0 Å². The number of likely N-dealkylation sites (N-methyl/N-ethyl adjacent to an activating group) is 1. The van der Waals surface area contributed by atoms with E-state index in [2.05, 4.69) is 43.4 Å². The molecule has 1 amide bonds. The van der Waals surface area contributed by atoms with Gasteiger partial charge in [-0.15, -0.1) is 0 Å². The van der Waals surface area contributed by atoms with Crippen LogP contribution in [0.5, 0.6) is 0 Å². The smallest absolute Gasteiger partial charge is 0.236 e. The summed E-state index contributed by atoms with van der Waals surface area (Å²) in [6, 6.07) is 8.95. The Morgan fingerprint density at radius 2 is 1.76 bits per heavy atom. The molecular formula is C18H30N2O. The van der Waals surface area contributed by atoms with Gasteiger partial charge in [-0.25, -0.2) is 0 Å². The number of amides is 1. The van der Waals surface area contributed by atoms with Gasteiger partial charge in [-0.1, -0.05) is 37.6 Å². The molecule has 0 fully saturated rings. The first-order valence-corrected chi connectivity index (χ1v) is 8.22. The molecule has 1 rings (SSSR count). The normalized spacial score (nSPS) is 12.2. The second-order valence-corrected chi connectivity index (χ2v) is 5.51. The van der Waals surface area contributed by atoms with E-state index in [9.17, 15) is 4.79 Å². The minimum atomic E-state index is 0.173. The van der Waals surface area contributed by atoms with Crippen LogP contribution in [0.15, 0.2) is 24.3 Å². The van der Waals surface area contributed by atoms with Crippen molar-refractivity contribution in [1.29, 1.82) is 0 Å². The second-order valence-electron chi connectivity index (χ2n) is 5.51. The van der Waals surface area contributed by atoms with Gasteiger partial charge in [0.15, 0.2) is 0 Å². The molecule has 21 heavy (non-hydrogen) atoms. The Labute approximate surface area is 129 Å². The lowest BCUT2D eigenvalue weighted by Gasteiger charge is -2.21. The van der Waals surface area contributed by atoms with Gasteiger partial charge in [0.05, 0.1) is 6.54 Å². The standard InChI is InChI=1S/C18H30N2O/c1-5-8-9-16-10-12-17(13-11-16)15(4)19-14-18(21)20(6-2)7-3/h10-13,15,19H,5-9,14H2,1-4H3. The number of hydrogen-bond acceptors (Lipinski definition) is 2. The SMILES string of the molecule is CCCCc1ccc(C(C)NCC(=O)N(CC)CC)cc1. The summed E-state index contributed by atoms with van der Waals surface area (Å²) < 4.78 is 0. The number of benzene rings is 1. The summed E-state index contributed by atoms with van der Waals surface area (Å²) in [7, 11) is 0. The fourth-order valence-corrected chi connectivity index (χ4v) is 2.40. The molecule has 1 N–H and O–H groups in total. The fraction of sp³-hybridized carbons (Fsp3) is 0.611. The second kappa shape index (κ2) is 9.56. The Morgan fingerprint density at radius 1 is 1.14 bits per heavy atom. The zero-order chi connectivity index (χ0) is 15.7. The minimum absolute atomic E-state index is 0.173. The molecule has 1 aromatic carbocycles. The quantitative estimate of drug-likeness (QED) is 0.754. The molecule has 0 saturated carbocycles. The van der Waals surface area contributed by atoms with Crippen LogP contribution >= 0.6 is 0 Å². The highest BCUT2D eigenvalue weighted by atomic mass is 16.2. The summed E-state index contributed by atoms with van der Waals surface area (Å²) in [5, 5.41) is 3.32. The topological polar surface area (TPSA) is 32.3 Å². The summed E-state index contributed by atoms with van der Waals surface area (Å²) in [6.45, 7) is 10.3. The maximum absolute atomic E-state index is 12.0. The zero-order valence-corrected chi connectivity index (χ0v) is 14.0. The van der Waals surface area contributed by atoms with Crippen molar-refractivity contribution in [2.75, 3.05) is 19.6 Å². The first kappa shape index (κ1) is 17.7. The molecule has 3 heteroatoms. The van der Waals surface area contributed by atoms with E-state index >= 15 is 0 Å². The Hall–Kier alpha value is -1.35. The van der Waals surface area contributed by atoms with Crippen molar-refractivity contribution in [2.45, 2.75) is 53.0 Å². The van der Waals surface area contributed by atoms with Crippen molar-refractivity contribution in [3.05, 3.63) is 35.4 Å². The molecule has 118 valence electrons. The van der Waals surface area contributed by atoms with Gasteiger partial charge in [0.25, 0.3) is 0 Å². The monoisotopic (exact) mass is 290 g/mol. The number of carbonyl (C=O) groups excluding carboxylic acids is 1. The van der Waals surface area contributed by atoms with Gasteiger partial charge in [0.1, 0.15) is 0 Å². The van der Waals surface area contributed by atoms with Crippen LogP contribution in [0.3, 0.4) is 0 Å². The minimum Gasteiger partial charge on any atom is -0.342 e. The number of rotatable bonds is 9. The number of aryl methyl sites for hydroxylation is 1. The Balaban J connectivity index is 2.48. The van der Waals surface area contributed by atoms with Crippen molar-refractivity contribution >= 4 is 5.91 Å². The first-order chi connectivity index (χ1) is 10.1. The lowest BCUT2D eigenvalue weighted by molar-refractivity contribution is -0.129. The van der Waals surface area contributed by atoms with Gasteiger partial charge in [-0.3, -0.25) is 4.79 Å². The van der Waals surface area contributed by atoms with Crippen molar-refractivity contribution in [3.8, 4) is 0 Å². The van der Waals surface area contributed by atoms with Crippen LogP contribution in [-0.2, 0) is 11.2 Å². The van der Waals surface area contributed by atoms with E-state index in [0.717, 1.165) is 19.5 Å². The van der Waals surface area contributed by atoms with Crippen molar-refractivity contribution < 1.29 is 4.79 Å². The predicted octanol–water partition coefficient (Wildman–Crippen LogP) is 3.55. The fourth-order valence-electron chi connectivity index (χ4n) is 2.40. The molecule has 1 aromatic rings. The molecule has 1 atom stereocenters. The molecule has 0 bridgehead atoms. The van der Waals surface area contributed by atoms with Gasteiger partial charge in [0, 0.05) is 19.1 Å². The highest BCUT2D eigenvalue weighted by Gasteiger charge is 2.11. The third-order valence-corrected chi connectivity index (χ3v) is 3.97. The lowest BCUT2D eigenvalue weighted by atomic mass is 10.0. The van der Waals surface area contributed by atoms with E-state index in [1.165, 1.54) is 24.0 Å². The van der Waals surface area contributed by atoms with Crippen LogP contribution in [-0.4, -0.2) is 30.4 Å². The molecular weight excluding hydrogens is 260 g/mol. The van der Waals surface area contributed by atoms with E-state index in [4.69, 9.17) is 0 Å². The summed E-state index contributed by atoms with van der Waals surface area (Å²) in [6.07, 6.45) is 3.62. The molecule has 0 spiro atoms. The molecule has 3 nitrogen and oxygen atoms in total. The maximum Gasteiger partial charge on any atom is 0.236 e. The van der Waals surface area contributed by atoms with Crippen LogP contribution in [0, 0.1) is 0 Å². The zero-order valence-electron chi connectivity index (χ0n) is 14.0. The molecule has 0 aromatic heterocycles. The van der Waals surface area contributed by atoms with Crippen molar-refractivity contribution in [1.82, 2.24) is 10.2 Å². The summed E-state index contributed by atoms with van der Waals surface area (Å²) in [5.74, 6) is 0.173. The predicted molar refractivity (Wildman–Crippen MR) is 89.4 cm³/mol. The summed E-state index contributed by atoms with van der Waals surface area (Å²) in [5.41, 5.74) is 2.63. The average Bonchev–Trinajstić information content (AvgIpc) is 2.52. The van der Waals surface area contributed by atoms with Crippen LogP contribution in [0.1, 0.15) is 57.7 Å². The van der Waals surface area contributed by atoms with E-state index in [1.54, 1.807) is 0 Å². The van der Waals surface area contributed by atoms with E-state index < -0.39 is 0 Å². The van der Waals surface area contributed by atoms with Crippen molar-refractivity contribution in [3.63, 3.8) is 0 Å². The Bertz CT molecular complexity index is 410. The van der Waals surface area contributed by atoms with Crippen LogP contribution in [0.25, 0.3) is 0 Å². The molecule has 0 aliphatic carbocycles. The largest absolute Gasteiger partial charge is 0.342 e. The number of hydrogen-bond donors (Lipinski definition) is 1. The number of carbonyl (C=O) groups is 1. The van der Waals surface area contributed by atoms with Gasteiger partial charge < -0.3 is 10.2 Å². The van der Waals surface area contributed by atoms with E-state index in [-0.39, 0.29) is 11.9 Å². The van der Waals surface area contributed by atoms with Gasteiger partial charge in [-0.2, -0.15) is 0 Å². The highest BCUT2D eigenvalue weighted by molar-refractivity contribution is 5.78.